The highest BCUT2D eigenvalue weighted by Gasteiger charge is 2.38. The summed E-state index contributed by atoms with van der Waals surface area (Å²) in [5.74, 6) is 0.600. The van der Waals surface area contributed by atoms with E-state index in [9.17, 15) is 9.59 Å². The predicted molar refractivity (Wildman–Crippen MR) is 131 cm³/mol. The lowest BCUT2D eigenvalue weighted by Gasteiger charge is -2.30. The highest BCUT2D eigenvalue weighted by molar-refractivity contribution is 8.00. The minimum Gasteiger partial charge on any atom is -0.354 e. The van der Waals surface area contributed by atoms with Crippen molar-refractivity contribution >= 4 is 46.1 Å². The third-order valence-electron chi connectivity index (χ3n) is 5.86. The van der Waals surface area contributed by atoms with Gasteiger partial charge in [-0.2, -0.15) is 0 Å². The van der Waals surface area contributed by atoms with Gasteiger partial charge in [0.1, 0.15) is 6.04 Å². The summed E-state index contributed by atoms with van der Waals surface area (Å²) in [5, 5.41) is 5.73. The molecule has 0 radical (unpaired) electrons. The lowest BCUT2D eigenvalue weighted by atomic mass is 10.0. The maximum atomic E-state index is 13.6. The number of para-hydroxylation sites is 1. The Kier molecular flexibility index (Phi) is 6.82. The monoisotopic (exact) mass is 469 g/mol. The number of rotatable bonds is 6. The fourth-order valence-electron chi connectivity index (χ4n) is 4.17. The average molecular weight is 470 g/mol. The number of hydrogen-bond acceptors (Lipinski definition) is 3. The second kappa shape index (κ2) is 9.59. The number of amides is 2. The minimum atomic E-state index is -0.693. The maximum Gasteiger partial charge on any atom is 0.247 e. The molecule has 7 heteroatoms. The number of hydrogen-bond donors (Lipinski definition) is 1. The zero-order valence-corrected chi connectivity index (χ0v) is 20.2. The molecule has 1 unspecified atom stereocenters. The van der Waals surface area contributed by atoms with Gasteiger partial charge in [-0.15, -0.1) is 0 Å². The van der Waals surface area contributed by atoms with Gasteiger partial charge >= 0.3 is 0 Å². The summed E-state index contributed by atoms with van der Waals surface area (Å²) in [7, 11) is 2.00. The predicted octanol–water partition coefficient (Wildman–Crippen LogP) is 5.17. The van der Waals surface area contributed by atoms with Crippen LogP contribution in [0.2, 0.25) is 5.02 Å². The molecule has 2 aromatic carbocycles. The van der Waals surface area contributed by atoms with Crippen molar-refractivity contribution in [3.05, 3.63) is 64.7 Å². The first-order valence-corrected chi connectivity index (χ1v) is 12.2. The highest BCUT2D eigenvalue weighted by Crippen LogP contribution is 2.42. The smallest absolute Gasteiger partial charge is 0.247 e. The molecule has 1 N–H and O–H groups in total. The number of carbonyl (C=O) groups excluding carboxylic acids is 2. The third-order valence-corrected chi connectivity index (χ3v) is 7.27. The molecule has 0 bridgehead atoms. The van der Waals surface area contributed by atoms with Gasteiger partial charge in [0.15, 0.2) is 0 Å². The summed E-state index contributed by atoms with van der Waals surface area (Å²) in [6.45, 7) is 5.20. The molecule has 32 heavy (non-hydrogen) atoms. The molecule has 1 aromatic heterocycles. The van der Waals surface area contributed by atoms with Crippen LogP contribution in [0.1, 0.15) is 37.4 Å². The van der Waals surface area contributed by atoms with E-state index in [-0.39, 0.29) is 11.8 Å². The number of thioether (sulfide) groups is 1. The number of nitrogens with zero attached hydrogens (tertiary/aromatic N) is 2. The summed E-state index contributed by atoms with van der Waals surface area (Å²) >= 11 is 7.56. The number of nitrogens with one attached hydrogen (secondary N) is 1. The van der Waals surface area contributed by atoms with Crippen molar-refractivity contribution in [3.63, 3.8) is 0 Å². The Labute approximate surface area is 198 Å². The van der Waals surface area contributed by atoms with Crippen molar-refractivity contribution < 1.29 is 9.59 Å². The lowest BCUT2D eigenvalue weighted by Crippen LogP contribution is -2.43. The van der Waals surface area contributed by atoms with Gasteiger partial charge in [0.2, 0.25) is 11.8 Å². The van der Waals surface area contributed by atoms with Crippen LogP contribution in [0.25, 0.3) is 10.9 Å². The van der Waals surface area contributed by atoms with Crippen molar-refractivity contribution in [1.82, 2.24) is 14.8 Å². The molecule has 1 atom stereocenters. The second-order valence-electron chi connectivity index (χ2n) is 8.61. The van der Waals surface area contributed by atoms with Gasteiger partial charge < -0.3 is 14.8 Å². The topological polar surface area (TPSA) is 54.3 Å². The quantitative estimate of drug-likeness (QED) is 0.541. The molecule has 0 saturated carbocycles. The Morgan fingerprint density at radius 1 is 1.19 bits per heavy atom. The van der Waals surface area contributed by atoms with Crippen LogP contribution in [-0.4, -0.2) is 33.6 Å². The third kappa shape index (κ3) is 4.52. The SMILES string of the molecule is CC(C)CCNC(=O)C1c2c(n(C)c3ccccc23)SCC(=O)N1Cc1ccc(Cl)cc1. The fraction of sp³-hybridized carbons (Fsp3) is 0.360. The average Bonchev–Trinajstić information content (AvgIpc) is 2.95. The van der Waals surface area contributed by atoms with E-state index >= 15 is 0 Å². The number of aromatic nitrogens is 1. The van der Waals surface area contributed by atoms with E-state index in [0.717, 1.165) is 33.5 Å². The first-order valence-electron chi connectivity index (χ1n) is 10.9. The van der Waals surface area contributed by atoms with E-state index in [1.165, 1.54) is 11.8 Å². The molecule has 2 heterocycles. The Morgan fingerprint density at radius 3 is 2.62 bits per heavy atom. The second-order valence-corrected chi connectivity index (χ2v) is 10.0. The molecule has 1 aliphatic rings. The summed E-state index contributed by atoms with van der Waals surface area (Å²) in [6.07, 6.45) is 0.890. The first-order chi connectivity index (χ1) is 15.4. The number of fused-ring (bicyclic) bond motifs is 3. The molecule has 1 aliphatic heterocycles. The van der Waals surface area contributed by atoms with Crippen molar-refractivity contribution in [2.45, 2.75) is 37.9 Å². The normalized spacial score (nSPS) is 16.3. The summed E-state index contributed by atoms with van der Waals surface area (Å²) < 4.78 is 2.10. The first kappa shape index (κ1) is 22.7. The standard InChI is InChI=1S/C25H28ClN3O2S/c1-16(2)12-13-27-24(31)23-22-19-6-4-5-7-20(19)28(3)25(22)32-15-21(30)29(23)14-17-8-10-18(26)11-9-17/h4-11,16,23H,12-15H2,1-3H3,(H,27,31). The van der Waals surface area contributed by atoms with E-state index in [1.54, 1.807) is 4.90 Å². The zero-order valence-electron chi connectivity index (χ0n) is 18.6. The fourth-order valence-corrected chi connectivity index (χ4v) is 5.39. The van der Waals surface area contributed by atoms with Gasteiger partial charge in [-0.3, -0.25) is 9.59 Å². The van der Waals surface area contributed by atoms with Crippen molar-refractivity contribution in [1.29, 1.82) is 0 Å². The molecule has 0 spiro atoms. The molecule has 168 valence electrons. The van der Waals surface area contributed by atoms with E-state index < -0.39 is 6.04 Å². The highest BCUT2D eigenvalue weighted by atomic mass is 35.5. The van der Waals surface area contributed by atoms with E-state index in [1.807, 2.05) is 49.5 Å². The molecule has 0 fully saturated rings. The molecule has 3 aromatic rings. The van der Waals surface area contributed by atoms with E-state index in [4.69, 9.17) is 11.6 Å². The van der Waals surface area contributed by atoms with Crippen LogP contribution >= 0.6 is 23.4 Å². The Balaban J connectivity index is 1.80. The van der Waals surface area contributed by atoms with Crippen LogP contribution in [-0.2, 0) is 23.2 Å². The van der Waals surface area contributed by atoms with Gasteiger partial charge in [0.05, 0.1) is 10.8 Å². The van der Waals surface area contributed by atoms with Crippen LogP contribution in [0.15, 0.2) is 53.6 Å². The molecule has 5 nitrogen and oxygen atoms in total. The van der Waals surface area contributed by atoms with Gasteiger partial charge in [-0.1, -0.05) is 67.5 Å². The van der Waals surface area contributed by atoms with Gasteiger partial charge in [0, 0.05) is 41.6 Å². The van der Waals surface area contributed by atoms with Crippen LogP contribution < -0.4 is 5.32 Å². The van der Waals surface area contributed by atoms with Crippen LogP contribution in [0.4, 0.5) is 0 Å². The number of halogens is 1. The van der Waals surface area contributed by atoms with Gasteiger partial charge in [-0.05, 0) is 36.1 Å². The molecule has 4 rings (SSSR count). The van der Waals surface area contributed by atoms with E-state index in [0.29, 0.717) is 29.8 Å². The Bertz CT molecular complexity index is 1140. The Morgan fingerprint density at radius 2 is 1.91 bits per heavy atom. The zero-order chi connectivity index (χ0) is 22.8. The number of aryl methyl sites for hydroxylation is 1. The van der Waals surface area contributed by atoms with Crippen molar-refractivity contribution in [3.8, 4) is 0 Å². The summed E-state index contributed by atoms with van der Waals surface area (Å²) in [5.41, 5.74) is 2.91. The van der Waals surface area contributed by atoms with Crippen LogP contribution in [0.3, 0.4) is 0 Å². The van der Waals surface area contributed by atoms with Crippen molar-refractivity contribution in [2.24, 2.45) is 13.0 Å². The number of carbonyl (C=O) groups is 2. The number of benzene rings is 2. The van der Waals surface area contributed by atoms with E-state index in [2.05, 4.69) is 29.8 Å². The summed E-state index contributed by atoms with van der Waals surface area (Å²) in [4.78, 5) is 28.6. The molecule has 0 aliphatic carbocycles. The van der Waals surface area contributed by atoms with Crippen molar-refractivity contribution in [2.75, 3.05) is 12.3 Å². The summed E-state index contributed by atoms with van der Waals surface area (Å²) in [6, 6.07) is 14.8. The molecular formula is C25H28ClN3O2S. The Hall–Kier alpha value is -2.44. The maximum absolute atomic E-state index is 13.6. The lowest BCUT2D eigenvalue weighted by molar-refractivity contribution is -0.139. The molecule has 2 amide bonds. The van der Waals surface area contributed by atoms with Crippen LogP contribution in [0.5, 0.6) is 0 Å². The van der Waals surface area contributed by atoms with Gasteiger partial charge in [0.25, 0.3) is 0 Å². The largest absolute Gasteiger partial charge is 0.354 e. The minimum absolute atomic E-state index is 0.0470. The molecular weight excluding hydrogens is 442 g/mol. The van der Waals surface area contributed by atoms with Crippen LogP contribution in [0, 0.1) is 5.92 Å². The molecule has 0 saturated heterocycles. The van der Waals surface area contributed by atoms with Gasteiger partial charge in [-0.25, -0.2) is 0 Å².